The minimum atomic E-state index is -1.48. The smallest absolute Gasteiger partial charge is 0.251 e. The van der Waals surface area contributed by atoms with E-state index in [1.807, 2.05) is 6.07 Å². The lowest BCUT2D eigenvalue weighted by atomic mass is 10.2. The molecule has 0 spiro atoms. The quantitative estimate of drug-likeness (QED) is 0.634. The summed E-state index contributed by atoms with van der Waals surface area (Å²) >= 11 is 0. The molecule has 0 N–H and O–H groups in total. The van der Waals surface area contributed by atoms with Crippen molar-refractivity contribution < 1.29 is 4.43 Å². The van der Waals surface area contributed by atoms with Gasteiger partial charge in [0.25, 0.3) is 8.32 Å². The number of hydrogen-bond acceptors (Lipinski definition) is 1. The molecule has 1 unspecified atom stereocenters. The van der Waals surface area contributed by atoms with Crippen LogP contribution in [-0.4, -0.2) is 8.32 Å². The molecule has 0 saturated carbocycles. The molecule has 0 amide bonds. The Morgan fingerprint density at radius 2 is 1.79 bits per heavy atom. The number of benzene rings is 1. The molecule has 0 aromatic heterocycles. The van der Waals surface area contributed by atoms with E-state index in [1.165, 1.54) is 5.56 Å². The maximum absolute atomic E-state index is 6.05. The van der Waals surface area contributed by atoms with E-state index < -0.39 is 8.32 Å². The van der Waals surface area contributed by atoms with Crippen LogP contribution in [0.5, 0.6) is 0 Å². The Morgan fingerprint density at radius 1 is 1.14 bits per heavy atom. The van der Waals surface area contributed by atoms with Crippen LogP contribution in [0.15, 0.2) is 36.4 Å². The highest BCUT2D eigenvalue weighted by Crippen LogP contribution is 2.38. The van der Waals surface area contributed by atoms with Crippen LogP contribution in [-0.2, 0) is 4.43 Å². The average Bonchev–Trinajstić information content (AvgIpc) is 2.43. The monoisotopic (exact) mass is 204 g/mol. The van der Waals surface area contributed by atoms with Crippen molar-refractivity contribution in [1.82, 2.24) is 0 Å². The molecule has 1 aromatic rings. The van der Waals surface area contributed by atoms with Crippen LogP contribution >= 0.6 is 0 Å². The van der Waals surface area contributed by atoms with Gasteiger partial charge in [0, 0.05) is 11.1 Å². The SMILES string of the molecule is CC1C=C(c2ccccc2)O[Si]1(C)C. The minimum absolute atomic E-state index is 0.609. The van der Waals surface area contributed by atoms with Crippen molar-refractivity contribution in [3.05, 3.63) is 42.0 Å². The first-order chi connectivity index (χ1) is 6.59. The fourth-order valence-corrected chi connectivity index (χ4v) is 3.09. The molecule has 0 saturated heterocycles. The predicted molar refractivity (Wildman–Crippen MR) is 62.4 cm³/mol. The van der Waals surface area contributed by atoms with E-state index in [9.17, 15) is 0 Å². The van der Waals surface area contributed by atoms with Gasteiger partial charge in [-0.3, -0.25) is 0 Å². The maximum Gasteiger partial charge on any atom is 0.251 e. The summed E-state index contributed by atoms with van der Waals surface area (Å²) in [6.07, 6.45) is 2.27. The summed E-state index contributed by atoms with van der Waals surface area (Å²) in [4.78, 5) is 0. The normalized spacial score (nSPS) is 24.2. The zero-order valence-electron chi connectivity index (χ0n) is 8.95. The van der Waals surface area contributed by atoms with E-state index in [0.717, 1.165) is 5.76 Å². The minimum Gasteiger partial charge on any atom is -0.543 e. The molecule has 0 radical (unpaired) electrons. The molecule has 14 heavy (non-hydrogen) atoms. The van der Waals surface area contributed by atoms with E-state index in [-0.39, 0.29) is 0 Å². The van der Waals surface area contributed by atoms with Crippen molar-refractivity contribution in [3.63, 3.8) is 0 Å². The highest BCUT2D eigenvalue weighted by molar-refractivity contribution is 6.74. The third kappa shape index (κ3) is 1.62. The lowest BCUT2D eigenvalue weighted by molar-refractivity contribution is 0.520. The summed E-state index contributed by atoms with van der Waals surface area (Å²) in [6.45, 7) is 6.79. The van der Waals surface area contributed by atoms with Gasteiger partial charge in [0.05, 0.1) is 0 Å². The van der Waals surface area contributed by atoms with Gasteiger partial charge in [-0.15, -0.1) is 0 Å². The molecule has 2 heteroatoms. The van der Waals surface area contributed by atoms with E-state index >= 15 is 0 Å². The topological polar surface area (TPSA) is 9.23 Å². The lowest BCUT2D eigenvalue weighted by Gasteiger charge is -2.21. The lowest BCUT2D eigenvalue weighted by Crippen LogP contribution is -2.29. The van der Waals surface area contributed by atoms with E-state index in [0.29, 0.717) is 5.54 Å². The van der Waals surface area contributed by atoms with Crippen LogP contribution in [0.4, 0.5) is 0 Å². The van der Waals surface area contributed by atoms with Crippen molar-refractivity contribution >= 4 is 14.1 Å². The van der Waals surface area contributed by atoms with Gasteiger partial charge in [0.15, 0.2) is 0 Å². The molecule has 0 fully saturated rings. The van der Waals surface area contributed by atoms with Gasteiger partial charge < -0.3 is 4.43 Å². The fourth-order valence-electron chi connectivity index (χ4n) is 1.60. The molecule has 0 bridgehead atoms. The fraction of sp³-hybridized carbons (Fsp3) is 0.333. The van der Waals surface area contributed by atoms with Crippen LogP contribution in [0, 0.1) is 0 Å². The van der Waals surface area contributed by atoms with Crippen LogP contribution < -0.4 is 0 Å². The van der Waals surface area contributed by atoms with Crippen molar-refractivity contribution in [2.45, 2.75) is 25.6 Å². The molecule has 74 valence electrons. The maximum atomic E-state index is 6.05. The van der Waals surface area contributed by atoms with Crippen LogP contribution in [0.1, 0.15) is 12.5 Å². The molecule has 1 aliphatic heterocycles. The first-order valence-corrected chi connectivity index (χ1v) is 8.04. The molecule has 1 aromatic carbocycles. The second-order valence-corrected chi connectivity index (χ2v) is 8.71. The third-order valence-corrected chi connectivity index (χ3v) is 6.04. The largest absolute Gasteiger partial charge is 0.543 e. The second-order valence-electron chi connectivity index (χ2n) is 4.39. The standard InChI is InChI=1S/C12H16OSi/c1-10-9-12(13-14(10,2)3)11-7-5-4-6-8-11/h4-10H,1-3H3. The van der Waals surface area contributed by atoms with E-state index in [1.54, 1.807) is 0 Å². The van der Waals surface area contributed by atoms with Crippen molar-refractivity contribution in [1.29, 1.82) is 0 Å². The summed E-state index contributed by atoms with van der Waals surface area (Å²) in [5, 5.41) is 0. The average molecular weight is 204 g/mol. The van der Waals surface area contributed by atoms with E-state index in [4.69, 9.17) is 4.43 Å². The Labute approximate surface area is 86.5 Å². The summed E-state index contributed by atoms with van der Waals surface area (Å²) in [7, 11) is -1.48. The Kier molecular flexibility index (Phi) is 2.23. The van der Waals surface area contributed by atoms with Gasteiger partial charge in [0.2, 0.25) is 0 Å². The molecular formula is C12H16OSi. The Morgan fingerprint density at radius 3 is 2.29 bits per heavy atom. The van der Waals surface area contributed by atoms with Crippen LogP contribution in [0.2, 0.25) is 18.6 Å². The zero-order valence-corrected chi connectivity index (χ0v) is 9.95. The first-order valence-electron chi connectivity index (χ1n) is 5.06. The van der Waals surface area contributed by atoms with Gasteiger partial charge in [-0.1, -0.05) is 37.3 Å². The molecule has 1 heterocycles. The Hall–Kier alpha value is -1.02. The summed E-state index contributed by atoms with van der Waals surface area (Å²) in [6, 6.07) is 10.3. The summed E-state index contributed by atoms with van der Waals surface area (Å²) < 4.78 is 6.05. The van der Waals surface area contributed by atoms with Gasteiger partial charge in [0.1, 0.15) is 5.76 Å². The van der Waals surface area contributed by atoms with E-state index in [2.05, 4.69) is 50.4 Å². The Balaban J connectivity index is 2.28. The van der Waals surface area contributed by atoms with Crippen molar-refractivity contribution in [2.24, 2.45) is 0 Å². The molecular weight excluding hydrogens is 188 g/mol. The van der Waals surface area contributed by atoms with Gasteiger partial charge in [-0.2, -0.15) is 0 Å². The molecule has 1 aliphatic rings. The van der Waals surface area contributed by atoms with Crippen LogP contribution in [0.25, 0.3) is 5.76 Å². The van der Waals surface area contributed by atoms with Crippen molar-refractivity contribution in [3.8, 4) is 0 Å². The third-order valence-electron chi connectivity index (χ3n) is 2.93. The summed E-state index contributed by atoms with van der Waals surface area (Å²) in [5.74, 6) is 1.08. The van der Waals surface area contributed by atoms with Crippen LogP contribution in [0.3, 0.4) is 0 Å². The molecule has 1 atom stereocenters. The van der Waals surface area contributed by atoms with Gasteiger partial charge >= 0.3 is 0 Å². The van der Waals surface area contributed by atoms with Gasteiger partial charge in [-0.05, 0) is 19.2 Å². The molecule has 0 aliphatic carbocycles. The first kappa shape index (κ1) is 9.53. The Bertz CT molecular complexity index is 354. The number of hydrogen-bond donors (Lipinski definition) is 0. The highest BCUT2D eigenvalue weighted by atomic mass is 28.4. The summed E-state index contributed by atoms with van der Waals surface area (Å²) in [5.41, 5.74) is 1.81. The second kappa shape index (κ2) is 3.28. The number of rotatable bonds is 1. The molecule has 2 rings (SSSR count). The number of allylic oxidation sites excluding steroid dienone is 1. The zero-order chi connectivity index (χ0) is 10.2. The highest BCUT2D eigenvalue weighted by Gasteiger charge is 2.37. The van der Waals surface area contributed by atoms with Crippen molar-refractivity contribution in [2.75, 3.05) is 0 Å². The van der Waals surface area contributed by atoms with Gasteiger partial charge in [-0.25, -0.2) is 0 Å². The molecule has 1 nitrogen and oxygen atoms in total. The predicted octanol–water partition coefficient (Wildman–Crippen LogP) is 3.65.